The van der Waals surface area contributed by atoms with Gasteiger partial charge < -0.3 is 0 Å². The highest BCUT2D eigenvalue weighted by atomic mass is 31.2. The molecule has 5 nitrogen and oxygen atoms in total. The van der Waals surface area contributed by atoms with E-state index in [0.717, 1.165) is 31.9 Å². The number of anilines is 1. The SMILES string of the molecule is NN(c1ccccc1)[P+](N)(N1CCCC1)N1CCCC1. The van der Waals surface area contributed by atoms with Gasteiger partial charge in [0.05, 0.1) is 5.69 Å². The summed E-state index contributed by atoms with van der Waals surface area (Å²) in [5.41, 5.74) is 7.96. The molecule has 110 valence electrons. The van der Waals surface area contributed by atoms with E-state index in [0.29, 0.717) is 0 Å². The van der Waals surface area contributed by atoms with Gasteiger partial charge in [0.1, 0.15) is 0 Å². The Balaban J connectivity index is 1.91. The highest BCUT2D eigenvalue weighted by molar-refractivity contribution is 7.70. The van der Waals surface area contributed by atoms with Crippen LogP contribution in [0.4, 0.5) is 5.69 Å². The van der Waals surface area contributed by atoms with E-state index in [9.17, 15) is 0 Å². The number of hydrogen-bond donors (Lipinski definition) is 2. The molecule has 0 saturated carbocycles. The molecule has 0 amide bonds. The van der Waals surface area contributed by atoms with Gasteiger partial charge in [-0.05, 0) is 37.8 Å². The van der Waals surface area contributed by atoms with Crippen LogP contribution in [0.2, 0.25) is 0 Å². The van der Waals surface area contributed by atoms with Crippen LogP contribution in [0.5, 0.6) is 0 Å². The zero-order chi connectivity index (χ0) is 14.0. The Morgan fingerprint density at radius 1 is 0.850 bits per heavy atom. The third-order valence-electron chi connectivity index (χ3n) is 4.34. The van der Waals surface area contributed by atoms with E-state index < -0.39 is 7.87 Å². The van der Waals surface area contributed by atoms with Crippen LogP contribution >= 0.6 is 7.87 Å². The molecule has 20 heavy (non-hydrogen) atoms. The van der Waals surface area contributed by atoms with Crippen molar-refractivity contribution < 1.29 is 0 Å². The number of benzene rings is 1. The predicted molar refractivity (Wildman–Crippen MR) is 85.8 cm³/mol. The van der Waals surface area contributed by atoms with Gasteiger partial charge >= 0.3 is 7.87 Å². The van der Waals surface area contributed by atoms with Crippen molar-refractivity contribution in [2.24, 2.45) is 11.3 Å². The molecule has 1 aromatic carbocycles. The summed E-state index contributed by atoms with van der Waals surface area (Å²) in [5.74, 6) is 6.51. The van der Waals surface area contributed by atoms with Crippen molar-refractivity contribution in [2.45, 2.75) is 25.7 Å². The number of para-hydroxylation sites is 1. The molecule has 2 heterocycles. The third-order valence-corrected chi connectivity index (χ3v) is 7.67. The molecule has 0 spiro atoms. The quantitative estimate of drug-likeness (QED) is 0.506. The van der Waals surface area contributed by atoms with Gasteiger partial charge in [-0.3, -0.25) is 0 Å². The number of hydrazine groups is 1. The van der Waals surface area contributed by atoms with Crippen molar-refractivity contribution >= 4 is 13.6 Å². The van der Waals surface area contributed by atoms with Crippen molar-refractivity contribution in [1.29, 1.82) is 0 Å². The fourth-order valence-electron chi connectivity index (χ4n) is 3.19. The van der Waals surface area contributed by atoms with Crippen molar-refractivity contribution in [2.75, 3.05) is 31.0 Å². The van der Waals surface area contributed by atoms with Gasteiger partial charge in [-0.1, -0.05) is 18.2 Å². The van der Waals surface area contributed by atoms with Gasteiger partial charge in [0.15, 0.2) is 0 Å². The topological polar surface area (TPSA) is 61.8 Å². The first-order chi connectivity index (χ1) is 9.73. The maximum Gasteiger partial charge on any atom is 0.341 e. The fraction of sp³-hybridized carbons (Fsp3) is 0.571. The van der Waals surface area contributed by atoms with E-state index in [-0.39, 0.29) is 0 Å². The van der Waals surface area contributed by atoms with E-state index >= 15 is 0 Å². The van der Waals surface area contributed by atoms with Gasteiger partial charge in [-0.25, -0.2) is 5.84 Å². The Morgan fingerprint density at radius 3 is 1.75 bits per heavy atom. The Hall–Kier alpha value is -0.710. The first-order valence-corrected chi connectivity index (χ1v) is 9.23. The molecule has 0 atom stereocenters. The molecule has 1 aromatic rings. The lowest BCUT2D eigenvalue weighted by molar-refractivity contribution is 0.448. The fourth-order valence-corrected chi connectivity index (χ4v) is 6.31. The Kier molecular flexibility index (Phi) is 4.24. The highest BCUT2D eigenvalue weighted by Gasteiger charge is 2.55. The van der Waals surface area contributed by atoms with E-state index in [4.69, 9.17) is 11.3 Å². The van der Waals surface area contributed by atoms with E-state index in [1.165, 1.54) is 25.7 Å². The van der Waals surface area contributed by atoms with Gasteiger partial charge in [0.2, 0.25) is 0 Å². The van der Waals surface area contributed by atoms with Crippen LogP contribution < -0.4 is 16.1 Å². The lowest BCUT2D eigenvalue weighted by Gasteiger charge is -2.40. The van der Waals surface area contributed by atoms with Crippen LogP contribution in [0.25, 0.3) is 0 Å². The average Bonchev–Trinajstić information content (AvgIpc) is 3.19. The molecular formula is C14H25N5P+. The number of nitrogens with zero attached hydrogens (tertiary/aromatic N) is 3. The number of hydrogen-bond acceptors (Lipinski definition) is 5. The standard InChI is InChI=1S/C14H25N5P/c15-19(14-8-2-1-3-9-14)20(16,17-10-4-5-11-17)18-12-6-7-13-18/h1-3,8-9H,4-7,10-13,15-16H2/q+1. The summed E-state index contributed by atoms with van der Waals surface area (Å²) in [6.45, 7) is 4.28. The van der Waals surface area contributed by atoms with Crippen molar-refractivity contribution in [3.8, 4) is 0 Å². The first kappa shape index (κ1) is 14.2. The molecule has 4 N–H and O–H groups in total. The summed E-state index contributed by atoms with van der Waals surface area (Å²) in [6.07, 6.45) is 4.93. The van der Waals surface area contributed by atoms with Crippen LogP contribution in [0.1, 0.15) is 25.7 Å². The van der Waals surface area contributed by atoms with Crippen LogP contribution in [-0.2, 0) is 0 Å². The Bertz CT molecular complexity index is 412. The molecule has 0 aromatic heterocycles. The summed E-state index contributed by atoms with van der Waals surface area (Å²) in [6, 6.07) is 10.2. The predicted octanol–water partition coefficient (Wildman–Crippen LogP) is 2.19. The monoisotopic (exact) mass is 294 g/mol. The lowest BCUT2D eigenvalue weighted by Crippen LogP contribution is -2.50. The summed E-state index contributed by atoms with van der Waals surface area (Å²) >= 11 is 0. The maximum atomic E-state index is 6.95. The summed E-state index contributed by atoms with van der Waals surface area (Å²) in [4.78, 5) is 0. The zero-order valence-electron chi connectivity index (χ0n) is 12.0. The minimum atomic E-state index is -2.10. The molecule has 2 aliphatic heterocycles. The summed E-state index contributed by atoms with van der Waals surface area (Å²) in [5, 5.41) is 0. The van der Waals surface area contributed by atoms with E-state index in [1.54, 1.807) is 0 Å². The molecular weight excluding hydrogens is 269 g/mol. The van der Waals surface area contributed by atoms with Crippen LogP contribution in [0, 0.1) is 0 Å². The summed E-state index contributed by atoms with van der Waals surface area (Å²) in [7, 11) is -2.10. The molecule has 2 aliphatic rings. The minimum absolute atomic E-state index is 1.02. The van der Waals surface area contributed by atoms with Crippen molar-refractivity contribution in [3.05, 3.63) is 30.3 Å². The molecule has 6 heteroatoms. The second-order valence-electron chi connectivity index (χ2n) is 5.62. The summed E-state index contributed by atoms with van der Waals surface area (Å²) < 4.78 is 6.74. The van der Waals surface area contributed by atoms with E-state index in [1.807, 2.05) is 35.1 Å². The van der Waals surface area contributed by atoms with Gasteiger partial charge in [0, 0.05) is 26.2 Å². The second-order valence-corrected chi connectivity index (χ2v) is 8.41. The lowest BCUT2D eigenvalue weighted by atomic mass is 10.3. The molecule has 2 fully saturated rings. The molecule has 0 radical (unpaired) electrons. The van der Waals surface area contributed by atoms with Crippen LogP contribution in [-0.4, -0.2) is 35.5 Å². The normalized spacial score (nSPS) is 21.5. The zero-order valence-corrected chi connectivity index (χ0v) is 12.9. The molecule has 0 unspecified atom stereocenters. The van der Waals surface area contributed by atoms with Crippen LogP contribution in [0.15, 0.2) is 30.3 Å². The highest BCUT2D eigenvalue weighted by Crippen LogP contribution is 2.62. The maximum absolute atomic E-state index is 6.95. The Labute approximate surface area is 122 Å². The second kappa shape index (κ2) is 5.96. The van der Waals surface area contributed by atoms with Crippen molar-refractivity contribution in [3.63, 3.8) is 0 Å². The molecule has 2 saturated heterocycles. The molecule has 0 aliphatic carbocycles. The van der Waals surface area contributed by atoms with Gasteiger partial charge in [-0.2, -0.15) is 5.50 Å². The average molecular weight is 294 g/mol. The van der Waals surface area contributed by atoms with Gasteiger partial charge in [0.25, 0.3) is 0 Å². The molecule has 3 rings (SSSR count). The third kappa shape index (κ3) is 2.45. The van der Waals surface area contributed by atoms with Crippen LogP contribution in [0.3, 0.4) is 0 Å². The number of nitrogens with two attached hydrogens (primary N) is 2. The Morgan fingerprint density at radius 2 is 1.30 bits per heavy atom. The molecule has 0 bridgehead atoms. The van der Waals surface area contributed by atoms with Crippen molar-refractivity contribution in [1.82, 2.24) is 9.34 Å². The first-order valence-electron chi connectivity index (χ1n) is 7.52. The number of rotatable bonds is 4. The smallest absolute Gasteiger partial charge is 0.210 e. The largest absolute Gasteiger partial charge is 0.341 e. The van der Waals surface area contributed by atoms with Gasteiger partial charge in [-0.15, -0.1) is 14.1 Å². The van der Waals surface area contributed by atoms with E-state index in [2.05, 4.69) is 9.34 Å². The minimum Gasteiger partial charge on any atom is -0.210 e.